The van der Waals surface area contributed by atoms with Gasteiger partial charge in [-0.25, -0.2) is 4.39 Å². The summed E-state index contributed by atoms with van der Waals surface area (Å²) in [6.45, 7) is 4.14. The van der Waals surface area contributed by atoms with Crippen molar-refractivity contribution in [1.82, 2.24) is 5.32 Å². The fraction of sp³-hybridized carbons (Fsp3) is 0.538. The summed E-state index contributed by atoms with van der Waals surface area (Å²) in [7, 11) is 1.48. The molecule has 1 aromatic rings. The molecule has 2 nitrogen and oxygen atoms in total. The Labute approximate surface area is 96.8 Å². The molecule has 0 unspecified atom stereocenters. The van der Waals surface area contributed by atoms with Gasteiger partial charge in [0.1, 0.15) is 0 Å². The molecule has 0 heterocycles. The van der Waals surface area contributed by atoms with Gasteiger partial charge < -0.3 is 10.1 Å². The van der Waals surface area contributed by atoms with Crippen molar-refractivity contribution < 1.29 is 9.13 Å². The summed E-state index contributed by atoms with van der Waals surface area (Å²) in [4.78, 5) is 0. The van der Waals surface area contributed by atoms with E-state index in [0.717, 1.165) is 37.9 Å². The Kier molecular flexibility index (Phi) is 5.86. The van der Waals surface area contributed by atoms with E-state index in [-0.39, 0.29) is 5.82 Å². The smallest absolute Gasteiger partial charge is 0.165 e. The van der Waals surface area contributed by atoms with Crippen LogP contribution >= 0.6 is 0 Å². The van der Waals surface area contributed by atoms with Gasteiger partial charge in [0.2, 0.25) is 0 Å². The van der Waals surface area contributed by atoms with Crippen LogP contribution < -0.4 is 10.1 Å². The molecule has 0 aliphatic carbocycles. The van der Waals surface area contributed by atoms with Crippen molar-refractivity contribution in [3.63, 3.8) is 0 Å². The van der Waals surface area contributed by atoms with Gasteiger partial charge in [0, 0.05) is 0 Å². The largest absolute Gasteiger partial charge is 0.494 e. The van der Waals surface area contributed by atoms with Crippen molar-refractivity contribution in [2.45, 2.75) is 26.2 Å². The highest BCUT2D eigenvalue weighted by Gasteiger charge is 2.02. The Hall–Kier alpha value is -1.09. The first kappa shape index (κ1) is 13.0. The summed E-state index contributed by atoms with van der Waals surface area (Å²) in [6, 6.07) is 5.18. The molecule has 0 fully saturated rings. The van der Waals surface area contributed by atoms with Gasteiger partial charge in [0.25, 0.3) is 0 Å². The monoisotopic (exact) mass is 225 g/mol. The number of ether oxygens (including phenoxy) is 1. The van der Waals surface area contributed by atoms with Crippen molar-refractivity contribution >= 4 is 0 Å². The molecule has 1 aromatic carbocycles. The second-order valence-electron chi connectivity index (χ2n) is 3.78. The molecule has 16 heavy (non-hydrogen) atoms. The molecule has 0 bridgehead atoms. The number of methoxy groups -OCH3 is 1. The lowest BCUT2D eigenvalue weighted by molar-refractivity contribution is 0.386. The van der Waals surface area contributed by atoms with Gasteiger partial charge in [-0.15, -0.1) is 0 Å². The van der Waals surface area contributed by atoms with E-state index in [1.54, 1.807) is 12.1 Å². The molecule has 3 heteroatoms. The van der Waals surface area contributed by atoms with Crippen molar-refractivity contribution in [1.29, 1.82) is 0 Å². The lowest BCUT2D eigenvalue weighted by Gasteiger charge is -2.05. The maximum absolute atomic E-state index is 13.3. The van der Waals surface area contributed by atoms with Gasteiger partial charge in [0.05, 0.1) is 7.11 Å². The van der Waals surface area contributed by atoms with Crippen LogP contribution in [0.25, 0.3) is 0 Å². The second-order valence-corrected chi connectivity index (χ2v) is 3.78. The van der Waals surface area contributed by atoms with Gasteiger partial charge in [0.15, 0.2) is 11.6 Å². The van der Waals surface area contributed by atoms with Crippen LogP contribution in [0.2, 0.25) is 0 Å². The zero-order valence-electron chi connectivity index (χ0n) is 10.1. The minimum Gasteiger partial charge on any atom is -0.494 e. The molecule has 0 atom stereocenters. The van der Waals surface area contributed by atoms with Gasteiger partial charge in [-0.2, -0.15) is 0 Å². The molecular formula is C13H20FNO. The molecule has 1 rings (SSSR count). The Morgan fingerprint density at radius 2 is 2.12 bits per heavy atom. The minimum atomic E-state index is -0.272. The van der Waals surface area contributed by atoms with E-state index >= 15 is 0 Å². The van der Waals surface area contributed by atoms with E-state index in [9.17, 15) is 4.39 Å². The Morgan fingerprint density at radius 1 is 1.31 bits per heavy atom. The molecular weight excluding hydrogens is 205 g/mol. The Bertz CT molecular complexity index is 315. The molecule has 0 aliphatic rings. The Balaban J connectivity index is 2.34. The number of benzene rings is 1. The summed E-state index contributed by atoms with van der Waals surface area (Å²) in [5.41, 5.74) is 1.04. The number of nitrogens with one attached hydrogen (secondary N) is 1. The van der Waals surface area contributed by atoms with Crippen LogP contribution in [0.15, 0.2) is 18.2 Å². The third-order valence-corrected chi connectivity index (χ3v) is 2.54. The van der Waals surface area contributed by atoms with E-state index in [1.165, 1.54) is 7.11 Å². The van der Waals surface area contributed by atoms with Crippen LogP contribution in [-0.4, -0.2) is 20.2 Å². The fourth-order valence-corrected chi connectivity index (χ4v) is 1.62. The zero-order chi connectivity index (χ0) is 11.8. The second kappa shape index (κ2) is 7.23. The maximum Gasteiger partial charge on any atom is 0.165 e. The number of unbranched alkanes of at least 4 members (excludes halogenated alkanes) is 1. The van der Waals surface area contributed by atoms with Gasteiger partial charge in [-0.1, -0.05) is 13.0 Å². The first-order chi connectivity index (χ1) is 7.77. The van der Waals surface area contributed by atoms with Crippen LogP contribution in [-0.2, 0) is 6.42 Å². The minimum absolute atomic E-state index is 0.272. The molecule has 0 aromatic heterocycles. The van der Waals surface area contributed by atoms with E-state index in [4.69, 9.17) is 4.74 Å². The third kappa shape index (κ3) is 4.19. The molecule has 1 N–H and O–H groups in total. The maximum atomic E-state index is 13.3. The van der Waals surface area contributed by atoms with Crippen LogP contribution in [0, 0.1) is 5.82 Å². The topological polar surface area (TPSA) is 21.3 Å². The van der Waals surface area contributed by atoms with Crippen molar-refractivity contribution in [3.05, 3.63) is 29.6 Å². The highest BCUT2D eigenvalue weighted by molar-refractivity contribution is 5.29. The average molecular weight is 225 g/mol. The summed E-state index contributed by atoms with van der Waals surface area (Å²) in [6.07, 6.45) is 3.13. The third-order valence-electron chi connectivity index (χ3n) is 2.54. The van der Waals surface area contributed by atoms with Crippen molar-refractivity contribution in [2.24, 2.45) is 0 Å². The average Bonchev–Trinajstić information content (AvgIpc) is 2.29. The number of hydrogen-bond acceptors (Lipinski definition) is 2. The summed E-state index contributed by atoms with van der Waals surface area (Å²) in [5, 5.41) is 3.27. The van der Waals surface area contributed by atoms with Gasteiger partial charge in [-0.3, -0.25) is 0 Å². The summed E-state index contributed by atoms with van der Waals surface area (Å²) in [5.74, 6) is 0.0445. The molecule has 0 radical (unpaired) electrons. The van der Waals surface area contributed by atoms with E-state index in [1.807, 2.05) is 6.07 Å². The van der Waals surface area contributed by atoms with Crippen LogP contribution in [0.1, 0.15) is 25.3 Å². The lowest BCUT2D eigenvalue weighted by atomic mass is 10.1. The quantitative estimate of drug-likeness (QED) is 0.720. The standard InChI is InChI=1S/C13H20FNO/c1-3-15-9-5-4-6-11-7-8-13(16-2)12(14)10-11/h7-8,10,15H,3-6,9H2,1-2H3. The van der Waals surface area contributed by atoms with E-state index < -0.39 is 0 Å². The van der Waals surface area contributed by atoms with Gasteiger partial charge in [-0.05, 0) is 50.0 Å². The first-order valence-electron chi connectivity index (χ1n) is 5.81. The molecule has 0 saturated carbocycles. The highest BCUT2D eigenvalue weighted by Crippen LogP contribution is 2.18. The van der Waals surface area contributed by atoms with Crippen molar-refractivity contribution in [2.75, 3.05) is 20.2 Å². The normalized spacial score (nSPS) is 10.4. The van der Waals surface area contributed by atoms with Crippen LogP contribution in [0.4, 0.5) is 4.39 Å². The highest BCUT2D eigenvalue weighted by atomic mass is 19.1. The molecule has 90 valence electrons. The first-order valence-corrected chi connectivity index (χ1v) is 5.81. The molecule has 0 amide bonds. The number of aryl methyl sites for hydroxylation is 1. The fourth-order valence-electron chi connectivity index (χ4n) is 1.62. The predicted octanol–water partition coefficient (Wildman–Crippen LogP) is 2.77. The zero-order valence-corrected chi connectivity index (χ0v) is 10.1. The molecule has 0 spiro atoms. The SMILES string of the molecule is CCNCCCCc1ccc(OC)c(F)c1. The predicted molar refractivity (Wildman–Crippen MR) is 64.4 cm³/mol. The Morgan fingerprint density at radius 3 is 2.75 bits per heavy atom. The van der Waals surface area contributed by atoms with Crippen molar-refractivity contribution in [3.8, 4) is 5.75 Å². The number of halogens is 1. The number of hydrogen-bond donors (Lipinski definition) is 1. The summed E-state index contributed by atoms with van der Waals surface area (Å²) < 4.78 is 18.2. The summed E-state index contributed by atoms with van der Waals surface area (Å²) >= 11 is 0. The van der Waals surface area contributed by atoms with Gasteiger partial charge >= 0.3 is 0 Å². The van der Waals surface area contributed by atoms with Crippen LogP contribution in [0.5, 0.6) is 5.75 Å². The molecule has 0 saturated heterocycles. The van der Waals surface area contributed by atoms with E-state index in [0.29, 0.717) is 5.75 Å². The number of rotatable bonds is 7. The molecule has 0 aliphatic heterocycles. The lowest BCUT2D eigenvalue weighted by Crippen LogP contribution is -2.13. The van der Waals surface area contributed by atoms with E-state index in [2.05, 4.69) is 12.2 Å². The van der Waals surface area contributed by atoms with Crippen LogP contribution in [0.3, 0.4) is 0 Å².